The second kappa shape index (κ2) is 6.00. The molecule has 4 N–H and O–H groups in total. The van der Waals surface area contributed by atoms with E-state index in [1.54, 1.807) is 6.92 Å². The number of hydrogen-bond acceptors (Lipinski definition) is 3. The number of carbonyl (C=O) groups is 2. The predicted octanol–water partition coefficient (Wildman–Crippen LogP) is 1.39. The maximum absolute atomic E-state index is 13.4. The Labute approximate surface area is 104 Å². The molecule has 1 rings (SSSR count). The zero-order valence-electron chi connectivity index (χ0n) is 9.94. The maximum Gasteiger partial charge on any atom is 0.326 e. The number of carbonyl (C=O) groups excluding carboxylic acids is 1. The molecule has 18 heavy (non-hydrogen) atoms. The van der Waals surface area contributed by atoms with Gasteiger partial charge in [-0.2, -0.15) is 0 Å². The summed E-state index contributed by atoms with van der Waals surface area (Å²) in [5.41, 5.74) is 5.34. The van der Waals surface area contributed by atoms with Crippen molar-refractivity contribution in [1.29, 1.82) is 0 Å². The van der Waals surface area contributed by atoms with Gasteiger partial charge >= 0.3 is 5.97 Å². The molecule has 6 heteroatoms. The van der Waals surface area contributed by atoms with Gasteiger partial charge in [-0.15, -0.1) is 0 Å². The van der Waals surface area contributed by atoms with Crippen LogP contribution in [0.3, 0.4) is 0 Å². The van der Waals surface area contributed by atoms with Crippen LogP contribution in [0.4, 0.5) is 10.1 Å². The Balaban J connectivity index is 2.83. The van der Waals surface area contributed by atoms with Crippen LogP contribution in [-0.2, 0) is 4.79 Å². The second-order valence-electron chi connectivity index (χ2n) is 3.89. The summed E-state index contributed by atoms with van der Waals surface area (Å²) in [7, 11) is 0. The van der Waals surface area contributed by atoms with Crippen molar-refractivity contribution in [2.75, 3.05) is 5.73 Å². The lowest BCUT2D eigenvalue weighted by molar-refractivity contribution is -0.139. The summed E-state index contributed by atoms with van der Waals surface area (Å²) in [4.78, 5) is 22.6. The highest BCUT2D eigenvalue weighted by Crippen LogP contribution is 2.12. The molecular weight excluding hydrogens is 239 g/mol. The van der Waals surface area contributed by atoms with Crippen molar-refractivity contribution in [3.63, 3.8) is 0 Å². The molecule has 1 atom stereocenters. The number of hydrogen-bond donors (Lipinski definition) is 3. The van der Waals surface area contributed by atoms with Crippen LogP contribution in [-0.4, -0.2) is 23.0 Å². The third-order valence-corrected chi connectivity index (χ3v) is 2.42. The smallest absolute Gasteiger partial charge is 0.326 e. The van der Waals surface area contributed by atoms with Gasteiger partial charge in [0.15, 0.2) is 0 Å². The standard InChI is InChI=1S/C12H15FN2O3/c1-2-3-10(12(17)18)15-11(16)8-5-4-7(14)6-9(8)13/h4-6,10H,2-3,14H2,1H3,(H,15,16)(H,17,18)/t10-/m1/s1. The lowest BCUT2D eigenvalue weighted by Crippen LogP contribution is -2.40. The number of anilines is 1. The second-order valence-corrected chi connectivity index (χ2v) is 3.89. The van der Waals surface area contributed by atoms with Crippen LogP contribution < -0.4 is 11.1 Å². The van der Waals surface area contributed by atoms with Gasteiger partial charge in [-0.1, -0.05) is 13.3 Å². The average Bonchev–Trinajstić information content (AvgIpc) is 2.27. The topological polar surface area (TPSA) is 92.4 Å². The third kappa shape index (κ3) is 3.44. The van der Waals surface area contributed by atoms with Crippen molar-refractivity contribution < 1.29 is 19.1 Å². The van der Waals surface area contributed by atoms with E-state index in [1.807, 2.05) is 0 Å². The number of nitrogen functional groups attached to an aromatic ring is 1. The van der Waals surface area contributed by atoms with Gasteiger partial charge in [-0.05, 0) is 24.6 Å². The Kier molecular flexibility index (Phi) is 4.65. The summed E-state index contributed by atoms with van der Waals surface area (Å²) in [6, 6.07) is 2.61. The monoisotopic (exact) mass is 254 g/mol. The Morgan fingerprint density at radius 3 is 2.67 bits per heavy atom. The van der Waals surface area contributed by atoms with Gasteiger partial charge in [-0.3, -0.25) is 4.79 Å². The molecule has 5 nitrogen and oxygen atoms in total. The Morgan fingerprint density at radius 1 is 1.50 bits per heavy atom. The van der Waals surface area contributed by atoms with Crippen LogP contribution in [0.2, 0.25) is 0 Å². The van der Waals surface area contributed by atoms with E-state index in [1.165, 1.54) is 12.1 Å². The van der Waals surface area contributed by atoms with Gasteiger partial charge in [0.1, 0.15) is 11.9 Å². The van der Waals surface area contributed by atoms with Crippen molar-refractivity contribution in [3.8, 4) is 0 Å². The molecule has 1 aromatic carbocycles. The summed E-state index contributed by atoms with van der Waals surface area (Å²) < 4.78 is 13.4. The van der Waals surface area contributed by atoms with E-state index in [9.17, 15) is 14.0 Å². The van der Waals surface area contributed by atoms with Crippen LogP contribution in [0.1, 0.15) is 30.1 Å². The number of carboxylic acids is 1. The summed E-state index contributed by atoms with van der Waals surface area (Å²) in [5.74, 6) is -2.66. The molecule has 0 radical (unpaired) electrons. The van der Waals surface area contributed by atoms with E-state index >= 15 is 0 Å². The number of benzene rings is 1. The van der Waals surface area contributed by atoms with Crippen LogP contribution in [0.5, 0.6) is 0 Å². The minimum Gasteiger partial charge on any atom is -0.480 e. The first-order valence-corrected chi connectivity index (χ1v) is 5.54. The van der Waals surface area contributed by atoms with E-state index in [0.717, 1.165) is 6.07 Å². The Hall–Kier alpha value is -2.11. The molecule has 98 valence electrons. The minimum atomic E-state index is -1.14. The van der Waals surface area contributed by atoms with E-state index < -0.39 is 23.7 Å². The van der Waals surface area contributed by atoms with Crippen molar-refractivity contribution in [1.82, 2.24) is 5.32 Å². The van der Waals surface area contributed by atoms with E-state index in [0.29, 0.717) is 6.42 Å². The van der Waals surface area contributed by atoms with Gasteiger partial charge in [0.05, 0.1) is 5.56 Å². The summed E-state index contributed by atoms with van der Waals surface area (Å²) in [6.45, 7) is 1.80. The number of rotatable bonds is 5. The number of carboxylic acid groups (broad SMARTS) is 1. The fraction of sp³-hybridized carbons (Fsp3) is 0.333. The average molecular weight is 254 g/mol. The first-order valence-electron chi connectivity index (χ1n) is 5.54. The number of nitrogens with one attached hydrogen (secondary N) is 1. The van der Waals surface area contributed by atoms with Gasteiger partial charge in [0.2, 0.25) is 0 Å². The first-order chi connectivity index (χ1) is 8.45. The highest BCUT2D eigenvalue weighted by Gasteiger charge is 2.21. The quantitative estimate of drug-likeness (QED) is 0.692. The summed E-state index contributed by atoms with van der Waals surface area (Å²) in [5, 5.41) is 11.2. The lowest BCUT2D eigenvalue weighted by atomic mass is 10.1. The van der Waals surface area contributed by atoms with Crippen molar-refractivity contribution in [3.05, 3.63) is 29.6 Å². The zero-order chi connectivity index (χ0) is 13.7. The molecule has 0 bridgehead atoms. The Morgan fingerprint density at radius 2 is 2.17 bits per heavy atom. The van der Waals surface area contributed by atoms with Crippen molar-refractivity contribution in [2.24, 2.45) is 0 Å². The van der Waals surface area contributed by atoms with Crippen LogP contribution in [0, 0.1) is 5.82 Å². The van der Waals surface area contributed by atoms with Gasteiger partial charge in [-0.25, -0.2) is 9.18 Å². The van der Waals surface area contributed by atoms with E-state index in [2.05, 4.69) is 5.32 Å². The minimum absolute atomic E-state index is 0.201. The number of amides is 1. The largest absolute Gasteiger partial charge is 0.480 e. The molecule has 0 saturated carbocycles. The van der Waals surface area contributed by atoms with Crippen LogP contribution in [0.25, 0.3) is 0 Å². The molecular formula is C12H15FN2O3. The van der Waals surface area contributed by atoms with Crippen LogP contribution in [0.15, 0.2) is 18.2 Å². The highest BCUT2D eigenvalue weighted by molar-refractivity contribution is 5.97. The number of nitrogens with two attached hydrogens (primary N) is 1. The molecule has 0 fully saturated rings. The molecule has 0 saturated heterocycles. The number of halogens is 1. The first kappa shape index (κ1) is 14.0. The molecule has 1 amide bonds. The fourth-order valence-corrected chi connectivity index (χ4v) is 1.50. The number of aliphatic carboxylic acids is 1. The molecule has 0 spiro atoms. The summed E-state index contributed by atoms with van der Waals surface area (Å²) >= 11 is 0. The van der Waals surface area contributed by atoms with Crippen LogP contribution >= 0.6 is 0 Å². The highest BCUT2D eigenvalue weighted by atomic mass is 19.1. The van der Waals surface area contributed by atoms with Gasteiger partial charge in [0, 0.05) is 5.69 Å². The Bertz CT molecular complexity index is 463. The van der Waals surface area contributed by atoms with Crippen molar-refractivity contribution >= 4 is 17.6 Å². The molecule has 0 unspecified atom stereocenters. The van der Waals surface area contributed by atoms with E-state index in [4.69, 9.17) is 10.8 Å². The van der Waals surface area contributed by atoms with Gasteiger partial charge < -0.3 is 16.2 Å². The lowest BCUT2D eigenvalue weighted by Gasteiger charge is -2.13. The maximum atomic E-state index is 13.4. The zero-order valence-corrected chi connectivity index (χ0v) is 9.94. The molecule has 0 aliphatic carbocycles. The third-order valence-electron chi connectivity index (χ3n) is 2.42. The molecule has 0 aliphatic heterocycles. The summed E-state index contributed by atoms with van der Waals surface area (Å²) in [6.07, 6.45) is 0.888. The normalized spacial score (nSPS) is 11.9. The predicted molar refractivity (Wildman–Crippen MR) is 64.6 cm³/mol. The molecule has 0 heterocycles. The fourth-order valence-electron chi connectivity index (χ4n) is 1.50. The molecule has 0 aliphatic rings. The molecule has 1 aromatic rings. The van der Waals surface area contributed by atoms with E-state index in [-0.39, 0.29) is 17.7 Å². The SMILES string of the molecule is CCC[C@@H](NC(=O)c1ccc(N)cc1F)C(=O)O. The van der Waals surface area contributed by atoms with Gasteiger partial charge in [0.25, 0.3) is 5.91 Å². The van der Waals surface area contributed by atoms with Crippen molar-refractivity contribution in [2.45, 2.75) is 25.8 Å². The molecule has 0 aromatic heterocycles.